The van der Waals surface area contributed by atoms with E-state index in [1.54, 1.807) is 26.4 Å². The lowest BCUT2D eigenvalue weighted by atomic mass is 9.96. The second-order valence-corrected chi connectivity index (χ2v) is 6.11. The summed E-state index contributed by atoms with van der Waals surface area (Å²) in [7, 11) is 3.14. The maximum Gasteiger partial charge on any atom is 0.162 e. The van der Waals surface area contributed by atoms with Gasteiger partial charge in [0.05, 0.1) is 25.3 Å². The van der Waals surface area contributed by atoms with Gasteiger partial charge in [-0.3, -0.25) is 0 Å². The van der Waals surface area contributed by atoms with E-state index in [4.69, 9.17) is 21.1 Å². The Morgan fingerprint density at radius 2 is 1.82 bits per heavy atom. The molecule has 1 aromatic carbocycles. The monoisotopic (exact) mass is 328 g/mol. The van der Waals surface area contributed by atoms with Gasteiger partial charge < -0.3 is 24.8 Å². The van der Waals surface area contributed by atoms with Crippen LogP contribution in [0, 0.1) is 5.92 Å². The Morgan fingerprint density at radius 3 is 2.41 bits per heavy atom. The van der Waals surface area contributed by atoms with Crippen molar-refractivity contribution in [2.75, 3.05) is 46.9 Å². The van der Waals surface area contributed by atoms with Crippen molar-refractivity contribution in [3.63, 3.8) is 0 Å². The molecule has 2 N–H and O–H groups in total. The van der Waals surface area contributed by atoms with Gasteiger partial charge in [0.25, 0.3) is 0 Å². The number of hydrogen-bond acceptors (Lipinski definition) is 5. The number of rotatable bonds is 6. The Hall–Kier alpha value is -1.01. The van der Waals surface area contributed by atoms with Crippen LogP contribution in [0.1, 0.15) is 18.6 Å². The molecule has 5 nitrogen and oxygen atoms in total. The molecule has 0 aromatic heterocycles. The highest BCUT2D eigenvalue weighted by atomic mass is 35.5. The summed E-state index contributed by atoms with van der Waals surface area (Å²) < 4.78 is 10.5. The zero-order valence-corrected chi connectivity index (χ0v) is 14.2. The zero-order valence-electron chi connectivity index (χ0n) is 13.4. The van der Waals surface area contributed by atoms with Crippen LogP contribution in [0.25, 0.3) is 0 Å². The number of benzene rings is 1. The van der Waals surface area contributed by atoms with Gasteiger partial charge in [0.1, 0.15) is 0 Å². The lowest BCUT2D eigenvalue weighted by Gasteiger charge is -2.31. The van der Waals surface area contributed by atoms with Crippen molar-refractivity contribution in [2.24, 2.45) is 5.92 Å². The van der Waals surface area contributed by atoms with Crippen molar-refractivity contribution in [3.05, 3.63) is 22.7 Å². The van der Waals surface area contributed by atoms with Crippen LogP contribution in [0.2, 0.25) is 5.02 Å². The summed E-state index contributed by atoms with van der Waals surface area (Å²) in [5.41, 5.74) is 0.682. The zero-order chi connectivity index (χ0) is 16.1. The Labute approximate surface area is 137 Å². The van der Waals surface area contributed by atoms with Gasteiger partial charge in [-0.1, -0.05) is 18.5 Å². The van der Waals surface area contributed by atoms with E-state index in [-0.39, 0.29) is 5.92 Å². The van der Waals surface area contributed by atoms with Gasteiger partial charge in [0, 0.05) is 44.4 Å². The van der Waals surface area contributed by atoms with Crippen molar-refractivity contribution in [3.8, 4) is 11.5 Å². The van der Waals surface area contributed by atoms with Gasteiger partial charge in [0.15, 0.2) is 11.5 Å². The highest BCUT2D eigenvalue weighted by molar-refractivity contribution is 6.31. The average molecular weight is 329 g/mol. The van der Waals surface area contributed by atoms with Gasteiger partial charge in [-0.2, -0.15) is 0 Å². The molecular weight excluding hydrogens is 304 g/mol. The number of halogens is 1. The van der Waals surface area contributed by atoms with Crippen molar-refractivity contribution in [1.29, 1.82) is 0 Å². The van der Waals surface area contributed by atoms with Crippen LogP contribution in [-0.2, 0) is 0 Å². The Balaban J connectivity index is 2.11. The molecular formula is C16H25ClN2O3. The number of nitrogens with one attached hydrogen (secondary N) is 1. The molecule has 1 aliphatic rings. The predicted octanol–water partition coefficient (Wildman–Crippen LogP) is 1.93. The van der Waals surface area contributed by atoms with Gasteiger partial charge in [-0.25, -0.2) is 0 Å². The minimum atomic E-state index is -0.637. The van der Waals surface area contributed by atoms with E-state index in [2.05, 4.69) is 10.2 Å². The maximum atomic E-state index is 10.7. The number of piperazine rings is 1. The topological polar surface area (TPSA) is 54.0 Å². The largest absolute Gasteiger partial charge is 0.493 e. The number of ether oxygens (including phenoxy) is 2. The molecule has 2 unspecified atom stereocenters. The lowest BCUT2D eigenvalue weighted by Crippen LogP contribution is -2.45. The third-order valence-corrected chi connectivity index (χ3v) is 4.44. The molecule has 0 spiro atoms. The fourth-order valence-corrected chi connectivity index (χ4v) is 3.07. The number of aliphatic hydroxyl groups is 1. The Kier molecular flexibility index (Phi) is 6.32. The van der Waals surface area contributed by atoms with E-state index < -0.39 is 6.10 Å². The van der Waals surface area contributed by atoms with Crippen LogP contribution in [-0.4, -0.2) is 56.9 Å². The molecule has 0 saturated carbocycles. The fraction of sp³-hybridized carbons (Fsp3) is 0.625. The summed E-state index contributed by atoms with van der Waals surface area (Å²) in [6, 6.07) is 3.45. The lowest BCUT2D eigenvalue weighted by molar-refractivity contribution is 0.0840. The number of nitrogens with zero attached hydrogens (tertiary/aromatic N) is 1. The van der Waals surface area contributed by atoms with Crippen molar-refractivity contribution < 1.29 is 14.6 Å². The summed E-state index contributed by atoms with van der Waals surface area (Å²) in [4.78, 5) is 2.36. The van der Waals surface area contributed by atoms with E-state index in [0.717, 1.165) is 32.7 Å². The first-order valence-corrected chi connectivity index (χ1v) is 7.97. The second-order valence-electron chi connectivity index (χ2n) is 5.70. The summed E-state index contributed by atoms with van der Waals surface area (Å²) in [6.45, 7) is 6.90. The van der Waals surface area contributed by atoms with Crippen LogP contribution < -0.4 is 14.8 Å². The Morgan fingerprint density at radius 1 is 1.23 bits per heavy atom. The summed E-state index contributed by atoms with van der Waals surface area (Å²) in [6.07, 6.45) is -0.637. The van der Waals surface area contributed by atoms with Crippen LogP contribution in [0.5, 0.6) is 11.5 Å². The molecule has 1 saturated heterocycles. The smallest absolute Gasteiger partial charge is 0.162 e. The van der Waals surface area contributed by atoms with Crippen LogP contribution >= 0.6 is 11.6 Å². The minimum Gasteiger partial charge on any atom is -0.493 e. The molecule has 124 valence electrons. The molecule has 0 aliphatic carbocycles. The van der Waals surface area contributed by atoms with E-state index in [1.807, 2.05) is 6.92 Å². The summed E-state index contributed by atoms with van der Waals surface area (Å²) in [5.74, 6) is 1.22. The van der Waals surface area contributed by atoms with Crippen molar-refractivity contribution >= 4 is 11.6 Å². The molecule has 2 atom stereocenters. The van der Waals surface area contributed by atoms with Crippen molar-refractivity contribution in [1.82, 2.24) is 10.2 Å². The molecule has 2 rings (SSSR count). The summed E-state index contributed by atoms with van der Waals surface area (Å²) in [5, 5.41) is 14.5. The normalized spacial score (nSPS) is 18.8. The highest BCUT2D eigenvalue weighted by Gasteiger charge is 2.24. The quantitative estimate of drug-likeness (QED) is 0.835. The Bertz CT molecular complexity index is 493. The fourth-order valence-electron chi connectivity index (χ4n) is 2.80. The molecule has 1 aliphatic heterocycles. The van der Waals surface area contributed by atoms with Crippen LogP contribution in [0.4, 0.5) is 0 Å². The molecule has 0 radical (unpaired) electrons. The third-order valence-electron chi connectivity index (χ3n) is 4.12. The number of hydrogen-bond donors (Lipinski definition) is 2. The van der Waals surface area contributed by atoms with E-state index in [9.17, 15) is 5.11 Å². The molecule has 0 bridgehead atoms. The third kappa shape index (κ3) is 4.04. The van der Waals surface area contributed by atoms with Crippen LogP contribution in [0.3, 0.4) is 0 Å². The minimum absolute atomic E-state index is 0.0775. The first-order chi connectivity index (χ1) is 10.6. The van der Waals surface area contributed by atoms with Crippen LogP contribution in [0.15, 0.2) is 12.1 Å². The second kappa shape index (κ2) is 8.02. The molecule has 1 heterocycles. The van der Waals surface area contributed by atoms with Gasteiger partial charge >= 0.3 is 0 Å². The first kappa shape index (κ1) is 17.3. The first-order valence-electron chi connectivity index (χ1n) is 7.59. The molecule has 1 aromatic rings. The molecule has 6 heteroatoms. The predicted molar refractivity (Wildman–Crippen MR) is 88.0 cm³/mol. The average Bonchev–Trinajstić information content (AvgIpc) is 2.54. The highest BCUT2D eigenvalue weighted by Crippen LogP contribution is 2.37. The van der Waals surface area contributed by atoms with Crippen molar-refractivity contribution in [2.45, 2.75) is 13.0 Å². The van der Waals surface area contributed by atoms with E-state index >= 15 is 0 Å². The summed E-state index contributed by atoms with van der Waals surface area (Å²) >= 11 is 6.30. The maximum absolute atomic E-state index is 10.7. The van der Waals surface area contributed by atoms with Gasteiger partial charge in [-0.15, -0.1) is 0 Å². The van der Waals surface area contributed by atoms with Gasteiger partial charge in [0.2, 0.25) is 0 Å². The molecule has 1 fully saturated rings. The molecule has 22 heavy (non-hydrogen) atoms. The van der Waals surface area contributed by atoms with Gasteiger partial charge in [-0.05, 0) is 12.0 Å². The van der Waals surface area contributed by atoms with E-state index in [1.165, 1.54) is 0 Å². The number of methoxy groups -OCH3 is 2. The van der Waals surface area contributed by atoms with E-state index in [0.29, 0.717) is 22.1 Å². The standard InChI is InChI=1S/C16H25ClN2O3/c1-11(10-19-6-4-18-5-7-19)16(20)12-8-14(21-2)15(22-3)9-13(12)17/h8-9,11,16,18,20H,4-7,10H2,1-3H3. The molecule has 0 amide bonds. The SMILES string of the molecule is COc1cc(Cl)c(C(O)C(C)CN2CCNCC2)cc1OC. The number of aliphatic hydroxyl groups excluding tert-OH is 1.